The lowest BCUT2D eigenvalue weighted by Gasteiger charge is -2.20. The molecule has 18 heavy (non-hydrogen) atoms. The van der Waals surface area contributed by atoms with E-state index >= 15 is 0 Å². The van der Waals surface area contributed by atoms with E-state index in [1.807, 2.05) is 0 Å². The molecule has 100 valence electrons. The fraction of sp³-hybridized carbons (Fsp3) is 0.455. The topological polar surface area (TPSA) is 103 Å². The molecule has 1 rings (SSSR count). The lowest BCUT2D eigenvalue weighted by Crippen LogP contribution is -2.48. The first-order valence-electron chi connectivity index (χ1n) is 5.34. The number of carbonyl (C=O) groups excluding carboxylic acids is 1. The number of furan rings is 1. The summed E-state index contributed by atoms with van der Waals surface area (Å²) in [6, 6.07) is -0.137. The van der Waals surface area contributed by atoms with Gasteiger partial charge in [0.05, 0.1) is 19.4 Å². The van der Waals surface area contributed by atoms with E-state index in [1.165, 1.54) is 18.2 Å². The zero-order valence-electron chi connectivity index (χ0n) is 10.2. The summed E-state index contributed by atoms with van der Waals surface area (Å²) in [5, 5.41) is 19.7. The molecule has 0 aromatic carbocycles. The second kappa shape index (κ2) is 6.06. The minimum atomic E-state index is -1.30. The van der Waals surface area contributed by atoms with Crippen molar-refractivity contribution in [2.45, 2.75) is 19.5 Å². The Hall–Kier alpha value is -2.02. The molecule has 1 heterocycles. The van der Waals surface area contributed by atoms with Gasteiger partial charge >= 0.3 is 12.0 Å². The molecule has 1 unspecified atom stereocenters. The van der Waals surface area contributed by atoms with Gasteiger partial charge in [-0.1, -0.05) is 0 Å². The van der Waals surface area contributed by atoms with Gasteiger partial charge in [0.2, 0.25) is 0 Å². The summed E-state index contributed by atoms with van der Waals surface area (Å²) in [4.78, 5) is 23.6. The summed E-state index contributed by atoms with van der Waals surface area (Å²) >= 11 is 0. The van der Waals surface area contributed by atoms with E-state index in [9.17, 15) is 9.59 Å². The smallest absolute Gasteiger partial charge is 0.328 e. The zero-order valence-corrected chi connectivity index (χ0v) is 10.2. The molecule has 0 saturated heterocycles. The van der Waals surface area contributed by atoms with Crippen molar-refractivity contribution < 1.29 is 24.2 Å². The van der Waals surface area contributed by atoms with Gasteiger partial charge < -0.3 is 24.8 Å². The number of nitrogens with one attached hydrogen (secondary N) is 1. The Labute approximate surface area is 104 Å². The van der Waals surface area contributed by atoms with E-state index in [1.54, 1.807) is 13.0 Å². The Morgan fingerprint density at radius 2 is 2.22 bits per heavy atom. The second-order valence-electron chi connectivity index (χ2n) is 3.88. The van der Waals surface area contributed by atoms with Crippen LogP contribution in [-0.2, 0) is 11.3 Å². The minimum Gasteiger partial charge on any atom is -0.480 e. The third kappa shape index (κ3) is 3.49. The number of hydrogen-bond donors (Lipinski definition) is 3. The minimum absolute atomic E-state index is 0.298. The highest BCUT2D eigenvalue weighted by Crippen LogP contribution is 2.10. The predicted molar refractivity (Wildman–Crippen MR) is 62.0 cm³/mol. The summed E-state index contributed by atoms with van der Waals surface area (Å²) in [7, 11) is 1.53. The van der Waals surface area contributed by atoms with Crippen molar-refractivity contribution in [2.24, 2.45) is 0 Å². The average molecular weight is 256 g/mol. The molecule has 0 radical (unpaired) electrons. The largest absolute Gasteiger partial charge is 0.480 e. The zero-order chi connectivity index (χ0) is 13.7. The Morgan fingerprint density at radius 1 is 1.56 bits per heavy atom. The van der Waals surface area contributed by atoms with E-state index in [4.69, 9.17) is 14.6 Å². The lowest BCUT2D eigenvalue weighted by atomic mass is 10.2. The van der Waals surface area contributed by atoms with Gasteiger partial charge in [0, 0.05) is 12.6 Å². The van der Waals surface area contributed by atoms with Gasteiger partial charge in [-0.05, 0) is 13.0 Å². The number of carbonyl (C=O) groups is 2. The Kier molecular flexibility index (Phi) is 4.73. The third-order valence-corrected chi connectivity index (χ3v) is 2.50. The SMILES string of the molecule is Cc1occc1CN(C)C(=O)NC(CO)C(=O)O. The van der Waals surface area contributed by atoms with Crippen LogP contribution in [0, 0.1) is 6.92 Å². The van der Waals surface area contributed by atoms with E-state index in [0.29, 0.717) is 12.3 Å². The number of aryl methyl sites for hydroxylation is 1. The number of aliphatic carboxylic acids is 1. The van der Waals surface area contributed by atoms with Crippen LogP contribution in [0.3, 0.4) is 0 Å². The van der Waals surface area contributed by atoms with Crippen LogP contribution in [0.4, 0.5) is 4.79 Å². The number of hydrogen-bond acceptors (Lipinski definition) is 4. The van der Waals surface area contributed by atoms with Gasteiger partial charge in [-0.2, -0.15) is 0 Å². The van der Waals surface area contributed by atoms with Crippen LogP contribution in [0.1, 0.15) is 11.3 Å². The van der Waals surface area contributed by atoms with Crippen LogP contribution in [0.2, 0.25) is 0 Å². The molecule has 0 bridgehead atoms. The molecule has 3 N–H and O–H groups in total. The Balaban J connectivity index is 2.56. The fourth-order valence-electron chi connectivity index (χ4n) is 1.35. The highest BCUT2D eigenvalue weighted by Gasteiger charge is 2.21. The van der Waals surface area contributed by atoms with E-state index < -0.39 is 24.6 Å². The molecule has 1 aromatic rings. The number of rotatable bonds is 5. The molecule has 0 aliphatic heterocycles. The normalized spacial score (nSPS) is 11.9. The molecule has 1 aromatic heterocycles. The van der Waals surface area contributed by atoms with Gasteiger partial charge in [0.25, 0.3) is 0 Å². The van der Waals surface area contributed by atoms with E-state index in [0.717, 1.165) is 5.56 Å². The molecule has 0 saturated carbocycles. The monoisotopic (exact) mass is 256 g/mol. The van der Waals surface area contributed by atoms with Gasteiger partial charge in [0.1, 0.15) is 5.76 Å². The molecule has 0 aliphatic rings. The van der Waals surface area contributed by atoms with E-state index in [-0.39, 0.29) is 0 Å². The van der Waals surface area contributed by atoms with Crippen LogP contribution < -0.4 is 5.32 Å². The number of aliphatic hydroxyl groups is 1. The third-order valence-electron chi connectivity index (χ3n) is 2.50. The van der Waals surface area contributed by atoms with Gasteiger partial charge in [-0.25, -0.2) is 9.59 Å². The maximum absolute atomic E-state index is 11.7. The highest BCUT2D eigenvalue weighted by atomic mass is 16.4. The summed E-state index contributed by atoms with van der Waals surface area (Å²) in [5.41, 5.74) is 0.837. The lowest BCUT2D eigenvalue weighted by molar-refractivity contribution is -0.140. The predicted octanol–water partition coefficient (Wildman–Crippen LogP) is 0.175. The van der Waals surface area contributed by atoms with Crippen LogP contribution in [-0.4, -0.2) is 46.8 Å². The Bertz CT molecular complexity index is 429. The number of carboxylic acids is 1. The molecule has 0 fully saturated rings. The number of aliphatic hydroxyl groups excluding tert-OH is 1. The molecule has 2 amide bonds. The summed E-state index contributed by atoms with van der Waals surface area (Å²) in [6.45, 7) is 1.42. The van der Waals surface area contributed by atoms with E-state index in [2.05, 4.69) is 5.32 Å². The summed E-state index contributed by atoms with van der Waals surface area (Å²) in [6.07, 6.45) is 1.52. The van der Waals surface area contributed by atoms with Crippen LogP contribution in [0.25, 0.3) is 0 Å². The number of amides is 2. The second-order valence-corrected chi connectivity index (χ2v) is 3.88. The first-order chi connectivity index (χ1) is 8.45. The van der Waals surface area contributed by atoms with Crippen molar-refractivity contribution in [3.05, 3.63) is 23.7 Å². The average Bonchev–Trinajstić information content (AvgIpc) is 2.71. The van der Waals surface area contributed by atoms with Crippen molar-refractivity contribution in [3.63, 3.8) is 0 Å². The molecular formula is C11H16N2O5. The maximum Gasteiger partial charge on any atom is 0.328 e. The quantitative estimate of drug-likeness (QED) is 0.697. The molecule has 7 heteroatoms. The molecule has 0 aliphatic carbocycles. The van der Waals surface area contributed by atoms with Crippen molar-refractivity contribution in [1.29, 1.82) is 0 Å². The van der Waals surface area contributed by atoms with Crippen LogP contribution in [0.5, 0.6) is 0 Å². The maximum atomic E-state index is 11.7. The molecule has 1 atom stereocenters. The molecular weight excluding hydrogens is 240 g/mol. The molecule has 7 nitrogen and oxygen atoms in total. The van der Waals surface area contributed by atoms with Gasteiger partial charge in [-0.15, -0.1) is 0 Å². The fourth-order valence-corrected chi connectivity index (χ4v) is 1.35. The number of carboxylic acid groups (broad SMARTS) is 1. The summed E-state index contributed by atoms with van der Waals surface area (Å²) in [5.74, 6) is -0.578. The summed E-state index contributed by atoms with van der Waals surface area (Å²) < 4.78 is 5.09. The van der Waals surface area contributed by atoms with Crippen molar-refractivity contribution in [1.82, 2.24) is 10.2 Å². The number of nitrogens with zero attached hydrogens (tertiary/aromatic N) is 1. The molecule has 0 spiro atoms. The first-order valence-corrected chi connectivity index (χ1v) is 5.34. The van der Waals surface area contributed by atoms with Crippen LogP contribution in [0.15, 0.2) is 16.7 Å². The first kappa shape index (κ1) is 14.0. The van der Waals surface area contributed by atoms with Gasteiger partial charge in [0.15, 0.2) is 6.04 Å². The van der Waals surface area contributed by atoms with Crippen LogP contribution >= 0.6 is 0 Å². The standard InChI is InChI=1S/C11H16N2O5/c1-7-8(3-4-18-7)5-13(2)11(17)12-9(6-14)10(15)16/h3-4,9,14H,5-6H2,1-2H3,(H,12,17)(H,15,16). The highest BCUT2D eigenvalue weighted by molar-refractivity contribution is 5.82. The number of urea groups is 1. The van der Waals surface area contributed by atoms with Crippen molar-refractivity contribution in [3.8, 4) is 0 Å². The van der Waals surface area contributed by atoms with Crippen molar-refractivity contribution in [2.75, 3.05) is 13.7 Å². The Morgan fingerprint density at radius 3 is 2.67 bits per heavy atom. The van der Waals surface area contributed by atoms with Crippen molar-refractivity contribution >= 4 is 12.0 Å². The van der Waals surface area contributed by atoms with Gasteiger partial charge in [-0.3, -0.25) is 0 Å².